The third-order valence-electron chi connectivity index (χ3n) is 3.06. The maximum atomic E-state index is 11.9. The molecule has 5 nitrogen and oxygen atoms in total. The van der Waals surface area contributed by atoms with Crippen molar-refractivity contribution in [2.24, 2.45) is 0 Å². The molecule has 0 saturated heterocycles. The van der Waals surface area contributed by atoms with Crippen molar-refractivity contribution in [2.45, 2.75) is 4.90 Å². The molecular weight excluding hydrogens is 302 g/mol. The maximum absolute atomic E-state index is 11.9. The standard InChI is InChI=1S/C16H15NO4S/c18-13-4-2-1-3-12(13)17-16(19)10-22-11-5-6-14-15(9-11)21-8-7-20-14/h1-6,9,18H,7-8,10H2,(H,17,19). The predicted octanol–water partition coefficient (Wildman–Crippen LogP) is 2.89. The minimum absolute atomic E-state index is 0.0557. The van der Waals surface area contributed by atoms with E-state index < -0.39 is 0 Å². The Morgan fingerprint density at radius 1 is 1.14 bits per heavy atom. The van der Waals surface area contributed by atoms with Crippen LogP contribution in [0.1, 0.15) is 0 Å². The van der Waals surface area contributed by atoms with Gasteiger partial charge in [0.2, 0.25) is 5.91 Å². The van der Waals surface area contributed by atoms with Crippen LogP contribution in [0.5, 0.6) is 17.2 Å². The van der Waals surface area contributed by atoms with Gasteiger partial charge in [-0.2, -0.15) is 0 Å². The number of phenols is 1. The minimum atomic E-state index is -0.179. The van der Waals surface area contributed by atoms with Crippen molar-refractivity contribution >= 4 is 23.4 Å². The Hall–Kier alpha value is -2.34. The van der Waals surface area contributed by atoms with E-state index in [1.165, 1.54) is 17.8 Å². The van der Waals surface area contributed by atoms with Gasteiger partial charge in [0.1, 0.15) is 19.0 Å². The van der Waals surface area contributed by atoms with Crippen molar-refractivity contribution in [2.75, 3.05) is 24.3 Å². The van der Waals surface area contributed by atoms with Crippen molar-refractivity contribution in [1.29, 1.82) is 0 Å². The number of rotatable bonds is 4. The Morgan fingerprint density at radius 2 is 1.91 bits per heavy atom. The third kappa shape index (κ3) is 3.46. The highest BCUT2D eigenvalue weighted by atomic mass is 32.2. The lowest BCUT2D eigenvalue weighted by molar-refractivity contribution is -0.113. The molecule has 2 aromatic carbocycles. The zero-order chi connectivity index (χ0) is 15.4. The normalized spacial score (nSPS) is 12.7. The molecule has 0 bridgehead atoms. The molecule has 0 radical (unpaired) electrons. The molecule has 0 spiro atoms. The first kappa shape index (κ1) is 14.6. The van der Waals surface area contributed by atoms with Crippen LogP contribution in [0.15, 0.2) is 47.4 Å². The largest absolute Gasteiger partial charge is 0.506 e. The first-order valence-corrected chi connectivity index (χ1v) is 7.81. The van der Waals surface area contributed by atoms with Gasteiger partial charge in [0.25, 0.3) is 0 Å². The topological polar surface area (TPSA) is 67.8 Å². The molecule has 2 aromatic rings. The number of phenolic OH excluding ortho intramolecular Hbond substituents is 1. The second-order valence-electron chi connectivity index (χ2n) is 4.66. The van der Waals surface area contributed by atoms with Crippen molar-refractivity contribution in [3.63, 3.8) is 0 Å². The molecule has 0 saturated carbocycles. The first-order valence-electron chi connectivity index (χ1n) is 6.83. The van der Waals surface area contributed by atoms with Crippen molar-refractivity contribution < 1.29 is 19.4 Å². The summed E-state index contributed by atoms with van der Waals surface area (Å²) in [6, 6.07) is 12.2. The van der Waals surface area contributed by atoms with E-state index in [1.807, 2.05) is 18.2 Å². The number of benzene rings is 2. The van der Waals surface area contributed by atoms with E-state index in [-0.39, 0.29) is 17.4 Å². The number of anilines is 1. The molecule has 0 unspecified atom stereocenters. The average molecular weight is 317 g/mol. The number of aromatic hydroxyl groups is 1. The number of hydrogen-bond donors (Lipinski definition) is 2. The van der Waals surface area contributed by atoms with Crippen LogP contribution in [0.3, 0.4) is 0 Å². The number of fused-ring (bicyclic) bond motifs is 1. The van der Waals surface area contributed by atoms with Gasteiger partial charge in [0, 0.05) is 4.90 Å². The van der Waals surface area contributed by atoms with Crippen LogP contribution in [-0.4, -0.2) is 30.0 Å². The van der Waals surface area contributed by atoms with Crippen molar-refractivity contribution in [3.8, 4) is 17.2 Å². The van der Waals surface area contributed by atoms with Crippen molar-refractivity contribution in [3.05, 3.63) is 42.5 Å². The monoisotopic (exact) mass is 317 g/mol. The number of amides is 1. The molecule has 114 valence electrons. The number of nitrogens with one attached hydrogen (secondary N) is 1. The molecule has 0 fully saturated rings. The summed E-state index contributed by atoms with van der Waals surface area (Å²) in [4.78, 5) is 12.9. The Kier molecular flexibility index (Phi) is 4.39. The summed E-state index contributed by atoms with van der Waals surface area (Å²) in [7, 11) is 0. The van der Waals surface area contributed by atoms with Gasteiger partial charge in [-0.15, -0.1) is 11.8 Å². The molecule has 0 atom stereocenters. The van der Waals surface area contributed by atoms with E-state index in [0.29, 0.717) is 24.7 Å². The summed E-state index contributed by atoms with van der Waals surface area (Å²) < 4.78 is 11.0. The highest BCUT2D eigenvalue weighted by Crippen LogP contribution is 2.34. The van der Waals surface area contributed by atoms with Crippen LogP contribution in [0, 0.1) is 0 Å². The van der Waals surface area contributed by atoms with Crippen LogP contribution < -0.4 is 14.8 Å². The number of para-hydroxylation sites is 2. The fourth-order valence-electron chi connectivity index (χ4n) is 2.03. The molecule has 1 aliphatic rings. The number of ether oxygens (including phenoxy) is 2. The summed E-state index contributed by atoms with van der Waals surface area (Å²) in [5.74, 6) is 1.56. The van der Waals surface area contributed by atoms with Crippen LogP contribution in [0.4, 0.5) is 5.69 Å². The Balaban J connectivity index is 1.58. The SMILES string of the molecule is O=C(CSc1ccc2c(c1)OCCO2)Nc1ccccc1O. The van der Waals surface area contributed by atoms with Gasteiger partial charge in [0.15, 0.2) is 11.5 Å². The summed E-state index contributed by atoms with van der Waals surface area (Å²) >= 11 is 1.40. The summed E-state index contributed by atoms with van der Waals surface area (Å²) in [5.41, 5.74) is 0.412. The lowest BCUT2D eigenvalue weighted by Gasteiger charge is -2.18. The first-order chi connectivity index (χ1) is 10.7. The summed E-state index contributed by atoms with van der Waals surface area (Å²) in [5, 5.41) is 12.3. The number of hydrogen-bond acceptors (Lipinski definition) is 5. The molecule has 1 aliphatic heterocycles. The average Bonchev–Trinajstić information content (AvgIpc) is 2.55. The third-order valence-corrected chi connectivity index (χ3v) is 4.06. The van der Waals surface area contributed by atoms with E-state index in [9.17, 15) is 9.90 Å². The maximum Gasteiger partial charge on any atom is 0.234 e. The summed E-state index contributed by atoms with van der Waals surface area (Å²) in [6.07, 6.45) is 0. The Bertz CT molecular complexity index is 690. The molecule has 1 amide bonds. The van der Waals surface area contributed by atoms with E-state index >= 15 is 0 Å². The molecule has 2 N–H and O–H groups in total. The quantitative estimate of drug-likeness (QED) is 0.670. The number of thioether (sulfide) groups is 1. The predicted molar refractivity (Wildman–Crippen MR) is 84.9 cm³/mol. The number of carbonyl (C=O) groups excluding carboxylic acids is 1. The molecular formula is C16H15NO4S. The van der Waals surface area contributed by atoms with Crippen LogP contribution in [-0.2, 0) is 4.79 Å². The van der Waals surface area contributed by atoms with Gasteiger partial charge in [-0.3, -0.25) is 4.79 Å². The second-order valence-corrected chi connectivity index (χ2v) is 5.71. The molecule has 6 heteroatoms. The van der Waals surface area contributed by atoms with Gasteiger partial charge < -0.3 is 19.9 Å². The molecule has 22 heavy (non-hydrogen) atoms. The Morgan fingerprint density at radius 3 is 2.73 bits per heavy atom. The molecule has 0 aromatic heterocycles. The zero-order valence-electron chi connectivity index (χ0n) is 11.7. The van der Waals surface area contributed by atoms with Gasteiger partial charge in [-0.1, -0.05) is 12.1 Å². The molecule has 3 rings (SSSR count). The van der Waals surface area contributed by atoms with Crippen molar-refractivity contribution in [1.82, 2.24) is 0 Å². The van der Waals surface area contributed by atoms with Crippen LogP contribution >= 0.6 is 11.8 Å². The van der Waals surface area contributed by atoms with E-state index in [1.54, 1.807) is 18.2 Å². The Labute approximate surface area is 132 Å². The molecule has 0 aliphatic carbocycles. The minimum Gasteiger partial charge on any atom is -0.506 e. The highest BCUT2D eigenvalue weighted by Gasteiger charge is 2.13. The fourth-order valence-corrected chi connectivity index (χ4v) is 2.75. The van der Waals surface area contributed by atoms with Gasteiger partial charge in [-0.05, 0) is 30.3 Å². The number of carbonyl (C=O) groups is 1. The lowest BCUT2D eigenvalue weighted by Crippen LogP contribution is -2.15. The van der Waals surface area contributed by atoms with E-state index in [0.717, 1.165) is 10.6 Å². The van der Waals surface area contributed by atoms with E-state index in [4.69, 9.17) is 9.47 Å². The summed E-state index contributed by atoms with van der Waals surface area (Å²) in [6.45, 7) is 1.09. The van der Waals surface area contributed by atoms with Crippen LogP contribution in [0.2, 0.25) is 0 Å². The van der Waals surface area contributed by atoms with Crippen LogP contribution in [0.25, 0.3) is 0 Å². The fraction of sp³-hybridized carbons (Fsp3) is 0.188. The highest BCUT2D eigenvalue weighted by molar-refractivity contribution is 8.00. The smallest absolute Gasteiger partial charge is 0.234 e. The van der Waals surface area contributed by atoms with Gasteiger partial charge >= 0.3 is 0 Å². The zero-order valence-corrected chi connectivity index (χ0v) is 12.6. The molecule has 1 heterocycles. The van der Waals surface area contributed by atoms with E-state index in [2.05, 4.69) is 5.32 Å². The van der Waals surface area contributed by atoms with Gasteiger partial charge in [-0.25, -0.2) is 0 Å². The van der Waals surface area contributed by atoms with Gasteiger partial charge in [0.05, 0.1) is 11.4 Å². The second kappa shape index (κ2) is 6.62. The lowest BCUT2D eigenvalue weighted by atomic mass is 10.3.